The molecule has 1 amide bonds. The first-order valence-electron chi connectivity index (χ1n) is 43.8. The maximum Gasteiger partial charge on any atom is 0.410 e. The molecule has 0 unspecified atom stereocenters. The molecule has 0 saturated heterocycles. The fraction of sp³-hybridized carbons (Fsp3) is 0.265. The number of hydrogen-bond donors (Lipinski definition) is 6. The number of rotatable bonds is 22. The van der Waals surface area contributed by atoms with E-state index in [0.717, 1.165) is 110 Å². The van der Waals surface area contributed by atoms with E-state index in [-0.39, 0.29) is 30.2 Å². The third-order valence-electron chi connectivity index (χ3n) is 22.8. The molecule has 22 nitrogen and oxygen atoms in total. The maximum absolute atomic E-state index is 12.5. The second-order valence-electron chi connectivity index (χ2n) is 32.5. The van der Waals surface area contributed by atoms with Gasteiger partial charge in [-0.25, -0.2) is 64.2 Å². The molecule has 0 bridgehead atoms. The average molecular weight is 1810 g/mol. The Morgan fingerprint density at radius 2 is 0.713 bits per heavy atom. The normalized spacial score (nSPS) is 13.9. The van der Waals surface area contributed by atoms with Gasteiger partial charge < -0.3 is 46.1 Å². The van der Waals surface area contributed by atoms with Gasteiger partial charge in [0.05, 0.1) is 58.7 Å². The Bertz CT molecular complexity index is 6480. The number of nitrogens with one attached hydrogen (secondary N) is 5. The summed E-state index contributed by atoms with van der Waals surface area (Å²) in [6.45, 7) is 13.5. The van der Waals surface area contributed by atoms with E-state index in [1.165, 1.54) is 130 Å². The van der Waals surface area contributed by atoms with Crippen LogP contribution in [-0.4, -0.2) is 97.1 Å². The van der Waals surface area contributed by atoms with Gasteiger partial charge >= 0.3 is 18.0 Å². The Balaban J connectivity index is 0.000000119. The lowest BCUT2D eigenvalue weighted by atomic mass is 9.96. The lowest BCUT2D eigenvalue weighted by Gasteiger charge is -2.30. The Labute approximate surface area is 770 Å². The van der Waals surface area contributed by atoms with Crippen LogP contribution in [0.5, 0.6) is 0 Å². The van der Waals surface area contributed by atoms with E-state index in [1.54, 1.807) is 70.0 Å². The van der Waals surface area contributed by atoms with E-state index < -0.39 is 23.7 Å². The lowest BCUT2D eigenvalue weighted by molar-refractivity contribution is -0.141. The first-order chi connectivity index (χ1) is 63.1. The van der Waals surface area contributed by atoms with Crippen LogP contribution in [-0.2, 0) is 57.7 Å². The van der Waals surface area contributed by atoms with E-state index >= 15 is 0 Å². The third-order valence-corrected chi connectivity index (χ3v) is 28.6. The summed E-state index contributed by atoms with van der Waals surface area (Å²) in [6, 6.07) is 73.7. The lowest BCUT2D eigenvalue weighted by Crippen LogP contribution is -2.39. The highest BCUT2D eigenvalue weighted by Crippen LogP contribution is 2.45. The number of anilines is 5. The number of aromatic nitrogens is 10. The summed E-state index contributed by atoms with van der Waals surface area (Å²) in [6.07, 6.45) is 21.4. The van der Waals surface area contributed by atoms with E-state index in [9.17, 15) is 19.5 Å². The van der Waals surface area contributed by atoms with Crippen LogP contribution in [0.4, 0.5) is 33.9 Å². The standard InChI is InChI=1S/C23H28N4O2S.C21H17N3O2S.C20H15N3O2S.2C19H21N3S/c1-5-17(15-9-7-6-8-10-15)26-20-19-16-11-12-27(22(28)29-23(2,3)4)13-18(16)30-21(19)25-14-24-20;1-26-21(25)18(15-10-6-3-7-11-15)24-19-16-12-17(14-8-4-2-5-9-14)27-20(16)23-13-22-19;24-20(25)17(14-9-5-2-6-10-14)23-18-15-11-16(13-7-3-1-4-8-13)26-19(15)22-12-21-18;2*1-2-15(13-8-4-3-5-9-13)22-18-17-14-10-6-7-11-16(14)23-19(17)21-12-20-18/h6-10,14,17H,5,11-13H2,1-4H3,(H,24,25,26);2-13,18H,1H3,(H,22,23,24);1-12,17H,(H,24,25)(H,21,22,23);2*3-5,8-9,12,15H,2,6-7,10-11H2,1H3,(H,20,21,22)/t17-;18-;17-;2*15-/m10010/s1. The summed E-state index contributed by atoms with van der Waals surface area (Å²) in [5.74, 6) is 2.68. The number of hydrogen-bond acceptors (Lipinski definition) is 25. The summed E-state index contributed by atoms with van der Waals surface area (Å²) in [7, 11) is 1.38. The number of benzene rings is 7. The third kappa shape index (κ3) is 21.5. The number of amides is 1. The van der Waals surface area contributed by atoms with Crippen LogP contribution in [0, 0.1) is 0 Å². The molecular weight excluding hydrogens is 1710 g/mol. The molecule has 0 saturated carbocycles. The van der Waals surface area contributed by atoms with Gasteiger partial charge in [-0.05, 0) is 166 Å². The summed E-state index contributed by atoms with van der Waals surface area (Å²) >= 11 is 8.50. The monoisotopic (exact) mass is 1810 g/mol. The van der Waals surface area contributed by atoms with Crippen molar-refractivity contribution in [1.29, 1.82) is 0 Å². The molecular formula is C102H102N16O6S5. The zero-order valence-electron chi connectivity index (χ0n) is 73.0. The largest absolute Gasteiger partial charge is 0.479 e. The van der Waals surface area contributed by atoms with Crippen molar-refractivity contribution in [2.75, 3.05) is 40.2 Å². The molecule has 7 aromatic carbocycles. The van der Waals surface area contributed by atoms with Crippen LogP contribution in [0.15, 0.2) is 256 Å². The molecule has 656 valence electrons. The highest BCUT2D eigenvalue weighted by atomic mass is 32.1. The van der Waals surface area contributed by atoms with Gasteiger partial charge in [-0.3, -0.25) is 0 Å². The molecule has 3 aliphatic rings. The summed E-state index contributed by atoms with van der Waals surface area (Å²) in [5.41, 5.74) is 11.3. The molecule has 0 spiro atoms. The van der Waals surface area contributed by atoms with E-state index in [2.05, 4.69) is 200 Å². The van der Waals surface area contributed by atoms with E-state index in [0.29, 0.717) is 30.3 Å². The van der Waals surface area contributed by atoms with Gasteiger partial charge in [-0.2, -0.15) is 0 Å². The smallest absolute Gasteiger partial charge is 0.410 e. The van der Waals surface area contributed by atoms with Crippen LogP contribution in [0.25, 0.3) is 72.0 Å². The number of fused-ring (bicyclic) bond motifs is 11. The minimum absolute atomic E-state index is 0.182. The van der Waals surface area contributed by atoms with E-state index in [1.807, 2.05) is 153 Å². The number of methoxy groups -OCH3 is 1. The van der Waals surface area contributed by atoms with E-state index in [4.69, 9.17) is 9.47 Å². The van der Waals surface area contributed by atoms with Gasteiger partial charge in [0.2, 0.25) is 0 Å². The van der Waals surface area contributed by atoms with Gasteiger partial charge in [0, 0.05) is 30.9 Å². The van der Waals surface area contributed by atoms with Crippen molar-refractivity contribution < 1.29 is 29.0 Å². The summed E-state index contributed by atoms with van der Waals surface area (Å²) in [4.78, 5) is 94.4. The number of carbonyl (C=O) groups excluding carboxylic acids is 2. The van der Waals surface area contributed by atoms with Crippen LogP contribution in [0.2, 0.25) is 0 Å². The number of carboxylic acids is 1. The quantitative estimate of drug-likeness (QED) is 0.0344. The van der Waals surface area contributed by atoms with Gasteiger partial charge in [-0.15, -0.1) is 56.7 Å². The Morgan fingerprint density at radius 1 is 0.388 bits per heavy atom. The number of ether oxygens (including phenoxy) is 2. The Morgan fingerprint density at radius 3 is 1.08 bits per heavy atom. The first kappa shape index (κ1) is 89.3. The highest BCUT2D eigenvalue weighted by molar-refractivity contribution is 7.22. The molecule has 0 fully saturated rings. The van der Waals surface area contributed by atoms with Crippen molar-refractivity contribution in [3.8, 4) is 20.9 Å². The van der Waals surface area contributed by atoms with Crippen LogP contribution >= 0.6 is 56.7 Å². The van der Waals surface area contributed by atoms with Crippen molar-refractivity contribution in [1.82, 2.24) is 54.7 Å². The second-order valence-corrected chi connectivity index (χ2v) is 37.8. The minimum Gasteiger partial charge on any atom is -0.479 e. The maximum atomic E-state index is 12.5. The summed E-state index contributed by atoms with van der Waals surface area (Å²) in [5, 5.41) is 32.3. The molecule has 5 atom stereocenters. The molecule has 0 radical (unpaired) electrons. The van der Waals surface area contributed by atoms with Crippen LogP contribution in [0.1, 0.15) is 176 Å². The van der Waals surface area contributed by atoms with Crippen molar-refractivity contribution >= 4 is 155 Å². The number of nitrogens with zero attached hydrogens (tertiary/aromatic N) is 11. The van der Waals surface area contributed by atoms with Crippen molar-refractivity contribution in [3.05, 3.63) is 315 Å². The number of carboxylic acid groups (broad SMARTS) is 1. The van der Waals surface area contributed by atoms with Crippen molar-refractivity contribution in [3.63, 3.8) is 0 Å². The fourth-order valence-corrected chi connectivity index (χ4v) is 22.1. The predicted octanol–water partition coefficient (Wildman–Crippen LogP) is 25.1. The Hall–Kier alpha value is -13.1. The molecule has 20 rings (SSSR count). The fourth-order valence-electron chi connectivity index (χ4n) is 16.4. The van der Waals surface area contributed by atoms with Gasteiger partial charge in [-0.1, -0.05) is 233 Å². The molecule has 129 heavy (non-hydrogen) atoms. The average Bonchev–Trinajstić information content (AvgIpc) is 1.62. The number of thiophene rings is 5. The zero-order chi connectivity index (χ0) is 89.2. The topological polar surface area (TPSA) is 282 Å². The molecule has 10 aromatic heterocycles. The van der Waals surface area contributed by atoms with Gasteiger partial charge in [0.25, 0.3) is 0 Å². The SMILES string of the molecule is CC[C@@H](Nc1ncnc2sc3c(c12)CCCC3)c1ccccc1.CC[C@@H](Nc1ncnc2sc3c(c12)CCN(C(=O)OC(C)(C)C)C3)c1ccccc1.CC[C@H](Nc1ncnc2sc3c(c12)CCCC3)c1ccccc1.COC(=O)[C@@H](Nc1ncnc2sc(-c3ccccc3)cc12)c1ccccc1.O=C(O)[C@@H](Nc1ncnc2sc(-c3ccccc3)cc12)c1ccccc1. The minimum atomic E-state index is -0.957. The predicted molar refractivity (Wildman–Crippen MR) is 526 cm³/mol. The number of carbonyl (C=O) groups is 3. The zero-order valence-corrected chi connectivity index (χ0v) is 77.1. The number of aliphatic carboxylic acids is 1. The Kier molecular flexibility index (Phi) is 29.3. The molecule has 27 heteroatoms. The van der Waals surface area contributed by atoms with Crippen molar-refractivity contribution in [2.24, 2.45) is 0 Å². The first-order valence-corrected chi connectivity index (χ1v) is 47.9. The van der Waals surface area contributed by atoms with Gasteiger partial charge in [0.15, 0.2) is 12.1 Å². The number of aryl methyl sites for hydroxylation is 4. The molecule has 6 N–H and O–H groups in total. The molecule has 11 heterocycles. The highest BCUT2D eigenvalue weighted by Gasteiger charge is 2.32. The summed E-state index contributed by atoms with van der Waals surface area (Å²) < 4.78 is 10.5. The molecule has 17 aromatic rings. The van der Waals surface area contributed by atoms with Crippen LogP contribution in [0.3, 0.4) is 0 Å². The molecule has 1 aliphatic heterocycles. The number of esters is 1. The second kappa shape index (κ2) is 42.3. The van der Waals surface area contributed by atoms with Gasteiger partial charge in [0.1, 0.15) is 90.5 Å². The van der Waals surface area contributed by atoms with Crippen molar-refractivity contribution in [2.45, 2.75) is 161 Å². The van der Waals surface area contributed by atoms with Crippen LogP contribution < -0.4 is 26.6 Å². The molecule has 2 aliphatic carbocycles.